The highest BCUT2D eigenvalue weighted by molar-refractivity contribution is 7.98. The fraction of sp³-hybridized carbons (Fsp3) is 0.607. The molecule has 0 unspecified atom stereocenters. The van der Waals surface area contributed by atoms with Crippen molar-refractivity contribution in [3.63, 3.8) is 0 Å². The number of guanidine groups is 3. The summed E-state index contributed by atoms with van der Waals surface area (Å²) in [6, 6.07) is -11.3. The molecule has 0 bridgehead atoms. The van der Waals surface area contributed by atoms with E-state index >= 15 is 24.0 Å². The van der Waals surface area contributed by atoms with Gasteiger partial charge in [-0.1, -0.05) is 96.8 Å². The number of primary amides is 2. The van der Waals surface area contributed by atoms with Crippen molar-refractivity contribution in [2.45, 2.75) is 274 Å². The van der Waals surface area contributed by atoms with Crippen LogP contribution in [-0.4, -0.2) is 304 Å². The number of phenols is 1. The van der Waals surface area contributed by atoms with Gasteiger partial charge in [-0.2, -0.15) is 24.4 Å². The number of unbranched alkanes of at least 4 members (excludes halogenated alkanes) is 1. The molecule has 0 spiro atoms. The van der Waals surface area contributed by atoms with E-state index in [0.29, 0.717) is 5.56 Å². The molecule has 0 fully saturated rings. The molecular weight excluding hydrogens is 1910 g/mol. The highest BCUT2D eigenvalue weighted by Gasteiger charge is 2.42. The fourth-order valence-corrected chi connectivity index (χ4v) is 14.7. The van der Waals surface area contributed by atoms with Gasteiger partial charge in [-0.15, -0.1) is 0 Å². The van der Waals surface area contributed by atoms with E-state index in [0.717, 1.165) is 6.92 Å². The van der Waals surface area contributed by atoms with Crippen molar-refractivity contribution in [1.29, 1.82) is 16.2 Å². The maximum absolute atomic E-state index is 15.1. The van der Waals surface area contributed by atoms with Gasteiger partial charge in [0.2, 0.25) is 106 Å². The predicted octanol–water partition coefficient (Wildman–Crippen LogP) is -7.59. The van der Waals surface area contributed by atoms with Crippen LogP contribution >= 0.6 is 24.4 Å². The van der Waals surface area contributed by atoms with E-state index in [1.54, 1.807) is 78.1 Å². The Hall–Kier alpha value is -13.9. The number of amides is 18. The van der Waals surface area contributed by atoms with Gasteiger partial charge in [-0.3, -0.25) is 112 Å². The lowest BCUT2D eigenvalue weighted by Crippen LogP contribution is -2.62. The SMILES string of the molecule is CC[C@H](C)[C@H](NC(=O)[C@H](CCCNC(=N)N)NC(=O)[C@@H](NC(=O)CNC(C)=O)[C@@H](C)O)C(=O)N[C@H](C(=O)N[C@@H](Cc1ccc(O)cc1)C(=O)N[C@@H](CC(=O)O)C(=O)N[C@@H](CCCNC(=N)N)C(=O)N[C@@H](CCCCN)C(=O)N[C@@H](Cc1ccccc1)C(=O)N[C@@H](CC(C)C)C(=O)N[C@@H](CCSC)C(=O)N[C@@H](CCC(=O)O)C(=O)N[C@@H](CS)C(=O)N[C@@H](CCCNC(=N)N)C(=O)N[C@@H](CC(N)=O)C(N)=O)[C@@H](C)CC. The molecule has 54 heteroatoms. The van der Waals surface area contributed by atoms with Gasteiger partial charge in [0, 0.05) is 51.6 Å². The lowest BCUT2D eigenvalue weighted by atomic mass is 9.94. The van der Waals surface area contributed by atoms with Crippen molar-refractivity contribution in [2.75, 3.05) is 50.5 Å². The maximum Gasteiger partial charge on any atom is 0.305 e. The number of aromatic hydroxyl groups is 1. The first-order chi connectivity index (χ1) is 67.4. The van der Waals surface area contributed by atoms with Crippen molar-refractivity contribution in [2.24, 2.45) is 52.2 Å². The van der Waals surface area contributed by atoms with Gasteiger partial charge in [-0.05, 0) is 144 Å². The number of benzene rings is 2. The zero-order valence-corrected chi connectivity index (χ0v) is 83.5. The van der Waals surface area contributed by atoms with Crippen LogP contribution in [0, 0.1) is 34.0 Å². The van der Waals surface area contributed by atoms with Crippen LogP contribution in [0.15, 0.2) is 54.6 Å². The van der Waals surface area contributed by atoms with Crippen molar-refractivity contribution < 1.29 is 116 Å². The van der Waals surface area contributed by atoms with Crippen molar-refractivity contribution in [1.82, 2.24) is 101 Å². The molecule has 18 amide bonds. The van der Waals surface area contributed by atoms with E-state index in [4.69, 9.17) is 50.6 Å². The van der Waals surface area contributed by atoms with Crippen LogP contribution in [-0.2, 0) is 109 Å². The predicted molar refractivity (Wildman–Crippen MR) is 529 cm³/mol. The van der Waals surface area contributed by atoms with E-state index in [1.807, 2.05) is 0 Å². The molecule has 0 saturated heterocycles. The number of nitrogens with two attached hydrogens (primary N) is 6. The zero-order valence-electron chi connectivity index (χ0n) is 81.8. The Morgan fingerprint density at radius 1 is 0.392 bits per heavy atom. The van der Waals surface area contributed by atoms with Gasteiger partial charge in [0.15, 0.2) is 17.9 Å². The van der Waals surface area contributed by atoms with Crippen LogP contribution in [0.2, 0.25) is 0 Å². The molecule has 0 radical (unpaired) electrons. The highest BCUT2D eigenvalue weighted by atomic mass is 32.2. The number of hydrogen-bond acceptors (Lipinski definition) is 28. The molecule has 143 heavy (non-hydrogen) atoms. The van der Waals surface area contributed by atoms with Crippen LogP contribution in [0.5, 0.6) is 5.75 Å². The van der Waals surface area contributed by atoms with Gasteiger partial charge in [0.1, 0.15) is 96.4 Å². The molecular formula is C89H146N28O24S2. The summed E-state index contributed by atoms with van der Waals surface area (Å²) >= 11 is 5.45. The number of hydrogen-bond donors (Lipinski definition) is 33. The summed E-state index contributed by atoms with van der Waals surface area (Å²) < 4.78 is 0. The first kappa shape index (κ1) is 125. The zero-order chi connectivity index (χ0) is 108. The van der Waals surface area contributed by atoms with Crippen LogP contribution in [0.1, 0.15) is 176 Å². The molecule has 0 heterocycles. The summed E-state index contributed by atoms with van der Waals surface area (Å²) in [5.41, 5.74) is 33.7. The Morgan fingerprint density at radius 2 is 0.741 bits per heavy atom. The molecule has 38 N–H and O–H groups in total. The first-order valence-corrected chi connectivity index (χ1v) is 48.8. The molecule has 0 aliphatic rings. The third-order valence-corrected chi connectivity index (χ3v) is 23.3. The van der Waals surface area contributed by atoms with Gasteiger partial charge in [0.25, 0.3) is 0 Å². The van der Waals surface area contributed by atoms with Crippen LogP contribution in [0.25, 0.3) is 0 Å². The quantitative estimate of drug-likeness (QED) is 0.0127. The monoisotopic (exact) mass is 2060 g/mol. The second-order valence-corrected chi connectivity index (χ2v) is 36.0. The minimum Gasteiger partial charge on any atom is -0.508 e. The maximum atomic E-state index is 15.1. The minimum atomic E-state index is -2.11. The van der Waals surface area contributed by atoms with Gasteiger partial charge < -0.3 is 156 Å². The summed E-state index contributed by atoms with van der Waals surface area (Å²) in [7, 11) is 0. The number of aliphatic hydroxyl groups is 1. The number of carboxylic acids is 2. The number of rotatable bonds is 70. The van der Waals surface area contributed by atoms with Gasteiger partial charge in [-0.25, -0.2) is 0 Å². The van der Waals surface area contributed by atoms with Crippen LogP contribution in [0.4, 0.5) is 0 Å². The summed E-state index contributed by atoms with van der Waals surface area (Å²) in [6.07, 6.45) is -4.34. The highest BCUT2D eigenvalue weighted by Crippen LogP contribution is 2.20. The van der Waals surface area contributed by atoms with Crippen molar-refractivity contribution in [3.8, 4) is 5.75 Å². The molecule has 18 atom stereocenters. The number of phenolic OH excluding ortho intramolecular Hbond substituents is 1. The number of carboxylic acid groups (broad SMARTS) is 2. The Labute approximate surface area is 838 Å². The fourth-order valence-electron chi connectivity index (χ4n) is 14.0. The molecule has 798 valence electrons. The molecule has 0 aliphatic heterocycles. The number of thiol groups is 1. The largest absolute Gasteiger partial charge is 0.508 e. The topological polar surface area (TPSA) is 879 Å². The van der Waals surface area contributed by atoms with Crippen molar-refractivity contribution >= 4 is 161 Å². The standard InChI is InChI=1S/C89H146N28O24S2/c1-10-46(5)69(117-85(140)70(47(6)11-2)116-78(133)56(25-19-36-101-89(97)98)108-86(141)71(48(7)118)115-66(122)43-102-49(8)119)84(139)113-62(40-51-26-28-52(120)29-27-51)81(136)112-63(42-68(125)126)82(137)104-54(23-17-34-99-87(93)94)73(128)103-53(22-15-16-33-90)75(130)111-61(39-50-20-13-12-14-21-50)80(135)110-60(38-45(3)4)79(134)107-58(32-37-143-9)77(132)106-57(30-31-67(123)124)76(131)114-64(44-142)83(138)105-55(24-18-35-100-88(95)96)74(129)109-59(72(92)127)41-65(91)121/h12-14,20-21,26-29,45-48,53-64,69-71,118,120,142H,10-11,15-19,22-25,30-44,90H2,1-9H3,(H2,91,121)(H2,92,127)(H,102,119)(H,103,128)(H,104,137)(H,105,138)(H,106,132)(H,107,134)(H,108,141)(H,109,129)(H,110,135)(H,111,130)(H,112,136)(H,113,139)(H,114,131)(H,115,122)(H,116,133)(H,117,140)(H,123,124)(H,125,126)(H4,93,94,99)(H4,95,96,100)(H4,97,98,101)/t46-,47-,48+,53-,54-,55-,56-,57-,58-,59-,60-,61-,62-,63-,64-,69-,70-,71-/m0/s1. The molecule has 2 aromatic rings. The van der Waals surface area contributed by atoms with Gasteiger partial charge >= 0.3 is 11.9 Å². The van der Waals surface area contributed by atoms with Crippen molar-refractivity contribution in [3.05, 3.63) is 65.7 Å². The number of nitrogens with one attached hydrogen (secondary N) is 22. The van der Waals surface area contributed by atoms with E-state index in [9.17, 15) is 92.3 Å². The molecule has 2 aromatic carbocycles. The summed E-state index contributed by atoms with van der Waals surface area (Å²) in [5.74, 6) is -25.4. The minimum absolute atomic E-state index is 0.00659. The number of carbonyl (C=O) groups excluding carboxylic acids is 18. The van der Waals surface area contributed by atoms with Crippen LogP contribution in [0.3, 0.4) is 0 Å². The van der Waals surface area contributed by atoms with E-state index in [1.165, 1.54) is 43.0 Å². The Kier molecular flexibility index (Phi) is 58.4. The summed E-state index contributed by atoms with van der Waals surface area (Å²) in [4.78, 5) is 278. The third-order valence-electron chi connectivity index (χ3n) is 22.3. The normalized spacial score (nSPS) is 14.8. The third kappa shape index (κ3) is 49.9. The Balaban J connectivity index is 2.75. The van der Waals surface area contributed by atoms with E-state index in [-0.39, 0.29) is 133 Å². The van der Waals surface area contributed by atoms with Gasteiger partial charge in [0.05, 0.1) is 25.5 Å². The first-order valence-electron chi connectivity index (χ1n) is 46.7. The second kappa shape index (κ2) is 66.7. The number of thioether (sulfide) groups is 1. The number of aliphatic carboxylic acids is 2. The molecule has 0 aliphatic carbocycles. The van der Waals surface area contributed by atoms with E-state index in [2.05, 4.69) is 114 Å². The average molecular weight is 2060 g/mol. The molecule has 0 saturated carbocycles. The number of aliphatic hydroxyl groups excluding tert-OH is 1. The second-order valence-electron chi connectivity index (χ2n) is 34.7. The summed E-state index contributed by atoms with van der Waals surface area (Å²) in [5, 5.41) is 112. The lowest BCUT2D eigenvalue weighted by Gasteiger charge is -2.31. The Morgan fingerprint density at radius 3 is 1.14 bits per heavy atom. The van der Waals surface area contributed by atoms with E-state index < -0.39 is 295 Å². The average Bonchev–Trinajstić information content (AvgIpc) is 0.833. The lowest BCUT2D eigenvalue weighted by molar-refractivity contribution is -0.142. The number of carbonyl (C=O) groups is 20. The molecule has 0 aromatic heterocycles. The Bertz CT molecular complexity index is 4620. The van der Waals surface area contributed by atoms with Crippen LogP contribution < -0.4 is 135 Å². The smallest absolute Gasteiger partial charge is 0.305 e. The molecule has 2 rings (SSSR count). The summed E-state index contributed by atoms with van der Waals surface area (Å²) in [6.45, 7) is 11.6. The molecule has 52 nitrogen and oxygen atoms in total.